The zero-order valence-corrected chi connectivity index (χ0v) is 12.1. The van der Waals surface area contributed by atoms with Crippen LogP contribution in [0.2, 0.25) is 0 Å². The van der Waals surface area contributed by atoms with Crippen molar-refractivity contribution in [1.29, 1.82) is 0 Å². The molecular weight excluding hydrogens is 232 g/mol. The third kappa shape index (κ3) is 2.30. The molecule has 4 N–H and O–H groups in total. The lowest BCUT2D eigenvalue weighted by Gasteiger charge is -2.29. The van der Waals surface area contributed by atoms with Gasteiger partial charge in [-0.25, -0.2) is 0 Å². The highest BCUT2D eigenvalue weighted by molar-refractivity contribution is 5.59. The summed E-state index contributed by atoms with van der Waals surface area (Å²) >= 11 is 0. The minimum atomic E-state index is -0.110. The first-order chi connectivity index (χ1) is 8.84. The van der Waals surface area contributed by atoms with Crippen molar-refractivity contribution in [3.05, 3.63) is 58.7 Å². The molecule has 0 saturated heterocycles. The summed E-state index contributed by atoms with van der Waals surface area (Å²) in [6, 6.07) is 12.3. The number of hydrogen-bond donors (Lipinski definition) is 2. The van der Waals surface area contributed by atoms with Gasteiger partial charge < -0.3 is 11.5 Å². The number of nitrogen functional groups attached to an aromatic ring is 2. The van der Waals surface area contributed by atoms with Crippen LogP contribution in [0.25, 0.3) is 0 Å². The Bertz CT molecular complexity index is 613. The fourth-order valence-electron chi connectivity index (χ4n) is 2.62. The van der Waals surface area contributed by atoms with E-state index in [9.17, 15) is 0 Å². The highest BCUT2D eigenvalue weighted by atomic mass is 14.6. The van der Waals surface area contributed by atoms with Crippen LogP contribution in [0.1, 0.15) is 36.1 Å². The molecule has 2 nitrogen and oxygen atoms in total. The number of rotatable bonds is 2. The zero-order chi connectivity index (χ0) is 14.2. The van der Waals surface area contributed by atoms with Crippen LogP contribution in [0.4, 0.5) is 11.4 Å². The van der Waals surface area contributed by atoms with Crippen LogP contribution in [-0.4, -0.2) is 0 Å². The molecule has 0 aliphatic rings. The molecule has 0 aliphatic carbocycles. The first-order valence-corrected chi connectivity index (χ1v) is 6.56. The van der Waals surface area contributed by atoms with Crippen molar-refractivity contribution in [3.63, 3.8) is 0 Å². The Hall–Kier alpha value is -1.96. The summed E-state index contributed by atoms with van der Waals surface area (Å²) in [5, 5.41) is 0. The van der Waals surface area contributed by atoms with E-state index >= 15 is 0 Å². The first-order valence-electron chi connectivity index (χ1n) is 6.56. The summed E-state index contributed by atoms with van der Waals surface area (Å²) in [5.41, 5.74) is 18.4. The summed E-state index contributed by atoms with van der Waals surface area (Å²) in [7, 11) is 0. The molecule has 0 heterocycles. The first kappa shape index (κ1) is 13.5. The van der Waals surface area contributed by atoms with E-state index < -0.39 is 0 Å². The molecule has 0 unspecified atom stereocenters. The smallest absolute Gasteiger partial charge is 0.0376 e. The van der Waals surface area contributed by atoms with E-state index in [2.05, 4.69) is 39.0 Å². The molecule has 0 radical (unpaired) electrons. The minimum absolute atomic E-state index is 0.110. The molecule has 0 amide bonds. The molecule has 19 heavy (non-hydrogen) atoms. The van der Waals surface area contributed by atoms with Gasteiger partial charge in [-0.2, -0.15) is 0 Å². The Balaban J connectivity index is 2.60. The van der Waals surface area contributed by atoms with Crippen molar-refractivity contribution >= 4 is 11.4 Å². The molecule has 100 valence electrons. The second-order valence-corrected chi connectivity index (χ2v) is 5.72. The van der Waals surface area contributed by atoms with Crippen molar-refractivity contribution in [1.82, 2.24) is 0 Å². The lowest BCUT2D eigenvalue weighted by Crippen LogP contribution is -2.21. The van der Waals surface area contributed by atoms with Crippen LogP contribution in [0.5, 0.6) is 0 Å². The van der Waals surface area contributed by atoms with Gasteiger partial charge in [0.05, 0.1) is 0 Å². The van der Waals surface area contributed by atoms with Gasteiger partial charge in [0.2, 0.25) is 0 Å². The van der Waals surface area contributed by atoms with Crippen LogP contribution in [0.15, 0.2) is 36.4 Å². The molecule has 2 rings (SSSR count). The van der Waals surface area contributed by atoms with Gasteiger partial charge in [0.15, 0.2) is 0 Å². The van der Waals surface area contributed by atoms with Gasteiger partial charge in [0.1, 0.15) is 0 Å². The van der Waals surface area contributed by atoms with E-state index in [1.54, 1.807) is 0 Å². The molecule has 0 bridgehead atoms. The van der Waals surface area contributed by atoms with Gasteiger partial charge in [0.25, 0.3) is 0 Å². The van der Waals surface area contributed by atoms with E-state index in [0.717, 1.165) is 22.5 Å². The zero-order valence-electron chi connectivity index (χ0n) is 12.1. The van der Waals surface area contributed by atoms with Crippen molar-refractivity contribution in [2.75, 3.05) is 11.5 Å². The third-order valence-electron chi connectivity index (χ3n) is 4.01. The predicted molar refractivity (Wildman–Crippen MR) is 83.3 cm³/mol. The molecule has 2 aromatic rings. The number of benzene rings is 2. The fraction of sp³-hybridized carbons (Fsp3) is 0.294. The molecule has 2 aromatic carbocycles. The lowest BCUT2D eigenvalue weighted by atomic mass is 9.75. The maximum Gasteiger partial charge on any atom is 0.0376 e. The second-order valence-electron chi connectivity index (χ2n) is 5.72. The summed E-state index contributed by atoms with van der Waals surface area (Å²) < 4.78 is 0. The largest absolute Gasteiger partial charge is 0.399 e. The third-order valence-corrected chi connectivity index (χ3v) is 4.01. The van der Waals surface area contributed by atoms with Crippen LogP contribution < -0.4 is 11.5 Å². The van der Waals surface area contributed by atoms with Crippen molar-refractivity contribution in [3.8, 4) is 0 Å². The van der Waals surface area contributed by atoms with Crippen LogP contribution in [0, 0.1) is 13.8 Å². The molecule has 0 saturated carbocycles. The van der Waals surface area contributed by atoms with Crippen molar-refractivity contribution in [2.24, 2.45) is 0 Å². The van der Waals surface area contributed by atoms with Gasteiger partial charge in [-0.05, 0) is 48.2 Å². The van der Waals surface area contributed by atoms with Gasteiger partial charge in [-0.15, -0.1) is 0 Å². The Kier molecular flexibility index (Phi) is 3.27. The summed E-state index contributed by atoms with van der Waals surface area (Å²) in [4.78, 5) is 0. The van der Waals surface area contributed by atoms with E-state index in [-0.39, 0.29) is 5.41 Å². The lowest BCUT2D eigenvalue weighted by molar-refractivity contribution is 0.636. The highest BCUT2D eigenvalue weighted by Gasteiger charge is 2.25. The van der Waals surface area contributed by atoms with Gasteiger partial charge in [0, 0.05) is 16.8 Å². The second kappa shape index (κ2) is 4.61. The Morgan fingerprint density at radius 1 is 0.947 bits per heavy atom. The fourth-order valence-corrected chi connectivity index (χ4v) is 2.62. The minimum Gasteiger partial charge on any atom is -0.399 e. The van der Waals surface area contributed by atoms with Gasteiger partial charge in [-0.1, -0.05) is 38.1 Å². The molecule has 0 fully saturated rings. The van der Waals surface area contributed by atoms with Crippen LogP contribution in [-0.2, 0) is 5.41 Å². The van der Waals surface area contributed by atoms with E-state index in [1.807, 2.05) is 25.1 Å². The molecule has 2 heteroatoms. The standard InChI is InChI=1S/C17H22N2/c1-11-8-9-15(12(2)16(11)19)17(3,4)13-6-5-7-14(18)10-13/h5-10H,18-19H2,1-4H3. The maximum atomic E-state index is 6.16. The molecule has 0 aromatic heterocycles. The van der Waals surface area contributed by atoms with E-state index in [4.69, 9.17) is 11.5 Å². The molecule has 0 atom stereocenters. The monoisotopic (exact) mass is 254 g/mol. The average molecular weight is 254 g/mol. The van der Waals surface area contributed by atoms with Crippen LogP contribution in [0.3, 0.4) is 0 Å². The Morgan fingerprint density at radius 2 is 1.63 bits per heavy atom. The number of anilines is 2. The van der Waals surface area contributed by atoms with E-state index in [0.29, 0.717) is 0 Å². The normalized spacial score (nSPS) is 11.6. The number of hydrogen-bond acceptors (Lipinski definition) is 2. The van der Waals surface area contributed by atoms with Crippen LogP contribution >= 0.6 is 0 Å². The summed E-state index contributed by atoms with van der Waals surface area (Å²) in [6.07, 6.45) is 0. The van der Waals surface area contributed by atoms with E-state index in [1.165, 1.54) is 11.1 Å². The number of aryl methyl sites for hydroxylation is 1. The predicted octanol–water partition coefficient (Wildman–Crippen LogP) is 3.79. The quantitative estimate of drug-likeness (QED) is 0.801. The molecular formula is C17H22N2. The summed E-state index contributed by atoms with van der Waals surface area (Å²) in [6.45, 7) is 8.54. The Morgan fingerprint density at radius 3 is 2.26 bits per heavy atom. The van der Waals surface area contributed by atoms with Crippen molar-refractivity contribution in [2.45, 2.75) is 33.1 Å². The summed E-state index contributed by atoms with van der Waals surface area (Å²) in [5.74, 6) is 0. The molecule has 0 spiro atoms. The van der Waals surface area contributed by atoms with Gasteiger partial charge >= 0.3 is 0 Å². The topological polar surface area (TPSA) is 52.0 Å². The average Bonchev–Trinajstić information content (AvgIpc) is 2.36. The highest BCUT2D eigenvalue weighted by Crippen LogP contribution is 2.36. The number of nitrogens with two attached hydrogens (primary N) is 2. The maximum absolute atomic E-state index is 6.16. The Labute approximate surface area is 115 Å². The van der Waals surface area contributed by atoms with Gasteiger partial charge in [-0.3, -0.25) is 0 Å². The molecule has 0 aliphatic heterocycles. The SMILES string of the molecule is Cc1ccc(C(C)(C)c2cccc(N)c2)c(C)c1N. The van der Waals surface area contributed by atoms with Crippen molar-refractivity contribution < 1.29 is 0 Å².